The molecular weight excluding hydrogens is 252 g/mol. The minimum absolute atomic E-state index is 0.133. The summed E-state index contributed by atoms with van der Waals surface area (Å²) in [5.41, 5.74) is 7.95. The Bertz CT molecular complexity index is 823. The number of benzene rings is 2. The number of hydrogen-bond donors (Lipinski definition) is 2. The van der Waals surface area contributed by atoms with Crippen molar-refractivity contribution in [2.45, 2.75) is 6.92 Å². The lowest BCUT2D eigenvalue weighted by Gasteiger charge is -2.11. The van der Waals surface area contributed by atoms with E-state index >= 15 is 0 Å². The number of nitrogens with one attached hydrogen (secondary N) is 1. The summed E-state index contributed by atoms with van der Waals surface area (Å²) >= 11 is 0. The number of nitrogen functional groups attached to an aromatic ring is 1. The second-order valence-corrected chi connectivity index (χ2v) is 4.67. The number of nitrogens with two attached hydrogens (primary N) is 1. The summed E-state index contributed by atoms with van der Waals surface area (Å²) in [7, 11) is 0. The third-order valence-electron chi connectivity index (χ3n) is 3.15. The number of ether oxygens (including phenoxy) is 1. The van der Waals surface area contributed by atoms with Gasteiger partial charge in [-0.2, -0.15) is 0 Å². The van der Waals surface area contributed by atoms with Crippen LogP contribution in [-0.2, 0) is 0 Å². The lowest BCUT2D eigenvalue weighted by Crippen LogP contribution is -2.05. The quantitative estimate of drug-likeness (QED) is 0.700. The van der Waals surface area contributed by atoms with Crippen LogP contribution < -0.4 is 16.0 Å². The normalized spacial score (nSPS) is 10.7. The lowest BCUT2D eigenvalue weighted by atomic mass is 10.1. The zero-order valence-electron chi connectivity index (χ0n) is 11.0. The van der Waals surface area contributed by atoms with Crippen LogP contribution in [0.2, 0.25) is 0 Å². The van der Waals surface area contributed by atoms with E-state index in [2.05, 4.69) is 4.98 Å². The third-order valence-corrected chi connectivity index (χ3v) is 3.15. The summed E-state index contributed by atoms with van der Waals surface area (Å²) in [4.78, 5) is 14.2. The summed E-state index contributed by atoms with van der Waals surface area (Å²) in [6.07, 6.45) is 0. The van der Waals surface area contributed by atoms with Crippen molar-refractivity contribution < 1.29 is 4.74 Å². The number of aromatic amines is 1. The molecule has 100 valence electrons. The number of aromatic nitrogens is 1. The van der Waals surface area contributed by atoms with Gasteiger partial charge in [0.25, 0.3) is 0 Å². The number of aryl methyl sites for hydroxylation is 1. The smallest absolute Gasteiger partial charge is 0.248 e. The molecule has 1 heterocycles. The molecule has 3 rings (SSSR count). The molecule has 0 saturated carbocycles. The van der Waals surface area contributed by atoms with E-state index in [4.69, 9.17) is 10.5 Å². The first kappa shape index (κ1) is 12.3. The molecule has 0 fully saturated rings. The molecule has 4 heteroatoms. The molecule has 0 aliphatic heterocycles. The maximum atomic E-state index is 11.5. The summed E-state index contributed by atoms with van der Waals surface area (Å²) in [6, 6.07) is 14.6. The number of para-hydroxylation sites is 1. The van der Waals surface area contributed by atoms with Crippen LogP contribution in [0.15, 0.2) is 53.3 Å². The molecule has 0 aliphatic rings. The highest BCUT2D eigenvalue weighted by atomic mass is 16.5. The number of fused-ring (bicyclic) bond motifs is 1. The highest BCUT2D eigenvalue weighted by molar-refractivity contribution is 5.87. The number of hydrogen-bond acceptors (Lipinski definition) is 3. The number of anilines is 1. The SMILES string of the molecule is Cc1cc(=O)[nH]c2cc(N)c(Oc3ccccc3)cc12. The Morgan fingerprint density at radius 2 is 1.85 bits per heavy atom. The number of H-pyrrole nitrogens is 1. The van der Waals surface area contributed by atoms with Crippen molar-refractivity contribution >= 4 is 16.6 Å². The second kappa shape index (κ2) is 4.74. The maximum absolute atomic E-state index is 11.5. The summed E-state index contributed by atoms with van der Waals surface area (Å²) < 4.78 is 5.79. The van der Waals surface area contributed by atoms with E-state index < -0.39 is 0 Å². The van der Waals surface area contributed by atoms with Gasteiger partial charge < -0.3 is 15.5 Å². The van der Waals surface area contributed by atoms with Crippen molar-refractivity contribution in [3.05, 3.63) is 64.4 Å². The van der Waals surface area contributed by atoms with Crippen LogP contribution in [0.3, 0.4) is 0 Å². The van der Waals surface area contributed by atoms with Crippen molar-refractivity contribution in [2.75, 3.05) is 5.73 Å². The molecular formula is C16H14N2O2. The van der Waals surface area contributed by atoms with E-state index in [0.29, 0.717) is 17.0 Å². The van der Waals surface area contributed by atoms with Crippen LogP contribution in [0, 0.1) is 6.92 Å². The van der Waals surface area contributed by atoms with Gasteiger partial charge in [0.1, 0.15) is 5.75 Å². The van der Waals surface area contributed by atoms with Gasteiger partial charge >= 0.3 is 0 Å². The van der Waals surface area contributed by atoms with E-state index in [0.717, 1.165) is 16.7 Å². The molecule has 0 radical (unpaired) electrons. The second-order valence-electron chi connectivity index (χ2n) is 4.67. The zero-order valence-corrected chi connectivity index (χ0v) is 11.0. The molecule has 2 aromatic carbocycles. The molecule has 0 saturated heterocycles. The lowest BCUT2D eigenvalue weighted by molar-refractivity contribution is 0.486. The highest BCUT2D eigenvalue weighted by Crippen LogP contribution is 2.31. The highest BCUT2D eigenvalue weighted by Gasteiger charge is 2.07. The van der Waals surface area contributed by atoms with Crippen molar-refractivity contribution in [1.82, 2.24) is 4.98 Å². The van der Waals surface area contributed by atoms with Gasteiger partial charge in [0.05, 0.1) is 11.2 Å². The van der Waals surface area contributed by atoms with Gasteiger partial charge in [0.15, 0.2) is 5.75 Å². The van der Waals surface area contributed by atoms with Gasteiger partial charge in [-0.25, -0.2) is 0 Å². The monoisotopic (exact) mass is 266 g/mol. The molecule has 0 amide bonds. The Labute approximate surface area is 115 Å². The van der Waals surface area contributed by atoms with Crippen molar-refractivity contribution in [3.63, 3.8) is 0 Å². The van der Waals surface area contributed by atoms with Crippen LogP contribution in [0.5, 0.6) is 11.5 Å². The zero-order chi connectivity index (χ0) is 14.1. The molecule has 0 bridgehead atoms. The first-order chi connectivity index (χ1) is 9.63. The Kier molecular flexibility index (Phi) is 2.91. The van der Waals surface area contributed by atoms with Gasteiger partial charge in [-0.3, -0.25) is 4.79 Å². The van der Waals surface area contributed by atoms with E-state index in [1.54, 1.807) is 12.1 Å². The fourth-order valence-corrected chi connectivity index (χ4v) is 2.17. The predicted molar refractivity (Wildman–Crippen MR) is 80.2 cm³/mol. The Balaban J connectivity index is 2.12. The fraction of sp³-hybridized carbons (Fsp3) is 0.0625. The molecule has 0 spiro atoms. The molecule has 3 N–H and O–H groups in total. The Hall–Kier alpha value is -2.75. The topological polar surface area (TPSA) is 68.1 Å². The Morgan fingerprint density at radius 1 is 1.10 bits per heavy atom. The van der Waals surface area contributed by atoms with Gasteiger partial charge in [0.2, 0.25) is 5.56 Å². The van der Waals surface area contributed by atoms with Gasteiger partial charge in [0, 0.05) is 11.5 Å². The maximum Gasteiger partial charge on any atom is 0.248 e. The van der Waals surface area contributed by atoms with E-state index in [1.165, 1.54) is 0 Å². The minimum atomic E-state index is -0.133. The van der Waals surface area contributed by atoms with E-state index in [9.17, 15) is 4.79 Å². The molecule has 3 aromatic rings. The standard InChI is InChI=1S/C16H14N2O2/c1-10-7-16(19)18-14-9-13(17)15(8-12(10)14)20-11-5-3-2-4-6-11/h2-9H,17H2,1H3,(H,18,19). The average molecular weight is 266 g/mol. The number of pyridine rings is 1. The average Bonchev–Trinajstić information content (AvgIpc) is 2.41. The number of rotatable bonds is 2. The summed E-state index contributed by atoms with van der Waals surface area (Å²) in [5.74, 6) is 1.31. The largest absolute Gasteiger partial charge is 0.455 e. The molecule has 1 aromatic heterocycles. The molecule has 0 atom stereocenters. The molecule has 20 heavy (non-hydrogen) atoms. The van der Waals surface area contributed by atoms with Gasteiger partial charge in [-0.05, 0) is 36.8 Å². The van der Waals surface area contributed by atoms with E-state index in [1.807, 2.05) is 43.3 Å². The van der Waals surface area contributed by atoms with Crippen molar-refractivity contribution in [1.29, 1.82) is 0 Å². The summed E-state index contributed by atoms with van der Waals surface area (Å²) in [5, 5.41) is 0.921. The van der Waals surface area contributed by atoms with Crippen molar-refractivity contribution in [3.8, 4) is 11.5 Å². The predicted octanol–water partition coefficient (Wildman–Crippen LogP) is 3.21. The summed E-state index contributed by atoms with van der Waals surface area (Å²) in [6.45, 7) is 1.89. The van der Waals surface area contributed by atoms with Gasteiger partial charge in [-0.1, -0.05) is 18.2 Å². The Morgan fingerprint density at radius 3 is 2.60 bits per heavy atom. The van der Waals surface area contributed by atoms with Crippen LogP contribution in [0.25, 0.3) is 10.9 Å². The first-order valence-corrected chi connectivity index (χ1v) is 6.29. The third kappa shape index (κ3) is 2.23. The minimum Gasteiger partial charge on any atom is -0.455 e. The van der Waals surface area contributed by atoms with Crippen molar-refractivity contribution in [2.24, 2.45) is 0 Å². The van der Waals surface area contributed by atoms with E-state index in [-0.39, 0.29) is 5.56 Å². The van der Waals surface area contributed by atoms with Crippen LogP contribution in [0.1, 0.15) is 5.56 Å². The van der Waals surface area contributed by atoms with Crippen LogP contribution in [-0.4, -0.2) is 4.98 Å². The van der Waals surface area contributed by atoms with Gasteiger partial charge in [-0.15, -0.1) is 0 Å². The molecule has 0 unspecified atom stereocenters. The van der Waals surface area contributed by atoms with Crippen LogP contribution in [0.4, 0.5) is 5.69 Å². The van der Waals surface area contributed by atoms with Crippen LogP contribution >= 0.6 is 0 Å². The first-order valence-electron chi connectivity index (χ1n) is 6.29. The molecule has 0 aliphatic carbocycles. The molecule has 4 nitrogen and oxygen atoms in total. The fourth-order valence-electron chi connectivity index (χ4n) is 2.17.